The standard InChI is InChI=1S/C17H23N3O2.C12H16N2O4.C10H12O6.C9H17N3.C9H13N3.C9H14N2O2.C8H14N2O.C6H8O4.C4H4O2.C2H8N2.3CH4/c1-3-20-16(12-14(2)19-20)10-7-11-18-17(21)22-13-15-8-5-4-6-9-15;1-5-14-8(6-7(2)13-14)9-10(15)17-12(3,4)18-11(9)16;1-5(11)4-6(12)7-8(13)15-10(2,3)16-9(7)14;2*1-3-12-9(5-4-6-10)7-8(2)11-12;1-4-11-8(5-7(2)10-11)6-9(12)13-3;1-3-10-8(4-5-11)6-7(2)9-10;1-6(2)9-4(7)3-5(8)10-6;1-3-2-4(5)6-3;1-2-4-3;;;/h4-6,8-9,12H,3,7,10-11,13H2,1-2H3,(H,18,21);6,9H,5H2,1-4H3;12H,4H2,1-3H3;7H,3-6,10H2,1-2H3;7H,3-5H2,1-2H3;5H,4,6H2,1-3H3;6,11H,3-5H2,1-2H3;3H2,1-2H3;1-2H2;4H,2-3H2,1H3;3*1H4. The molecule has 7 aromatic rings. The summed E-state index contributed by atoms with van der Waals surface area (Å²) in [6.07, 6.45) is 5.61. The van der Waals surface area contributed by atoms with Gasteiger partial charge in [0.2, 0.25) is 0 Å². The molecule has 0 radical (unpaired) electrons. The van der Waals surface area contributed by atoms with E-state index < -0.39 is 76.8 Å². The number of aromatic nitrogens is 12. The summed E-state index contributed by atoms with van der Waals surface area (Å²) in [4.78, 5) is 111. The zero-order valence-electron chi connectivity index (χ0n) is 75.8. The van der Waals surface area contributed by atoms with Gasteiger partial charge in [-0.25, -0.2) is 14.4 Å². The first-order valence-electron chi connectivity index (χ1n) is 40.9. The second kappa shape index (κ2) is 59.6. The van der Waals surface area contributed by atoms with Crippen LogP contribution in [0.1, 0.15) is 238 Å². The average molecular weight is 1790 g/mol. The monoisotopic (exact) mass is 1780 g/mol. The maximum absolute atomic E-state index is 11.9. The molecule has 4 fully saturated rings. The number of cyclic esters (lactones) is 7. The molecule has 4 aliphatic heterocycles. The van der Waals surface area contributed by atoms with Crippen LogP contribution in [0.3, 0.4) is 0 Å². The van der Waals surface area contributed by atoms with E-state index in [0.717, 1.165) is 135 Å². The number of amides is 1. The Hall–Kier alpha value is -12.2. The van der Waals surface area contributed by atoms with Crippen molar-refractivity contribution in [2.75, 3.05) is 33.4 Å². The number of nitrogens with two attached hydrogens (primary N) is 2. The van der Waals surface area contributed by atoms with Crippen LogP contribution in [0.25, 0.3) is 0 Å². The Morgan fingerprint density at radius 2 is 0.945 bits per heavy atom. The number of nitrogens with one attached hydrogen (secondary N) is 2. The normalized spacial score (nSPS) is 13.8. The van der Waals surface area contributed by atoms with E-state index in [0.29, 0.717) is 56.8 Å². The second-order valence-corrected chi connectivity index (χ2v) is 29.2. The fourth-order valence-electron chi connectivity index (χ4n) is 11.6. The van der Waals surface area contributed by atoms with Gasteiger partial charge in [0.1, 0.15) is 36.8 Å². The smallest absolute Gasteiger partial charge is 0.407 e. The SMILES string of the molecule is C.C.C.C=C1CC(=O)O1.CC(=O)CC(O)=C1C(=O)OC(C)(C)OC1=O.CC1(C)OC(=O)CC(=O)O1.CCNN.CCn1nc(C)cc1C1C(=O)OC(C)(C)OC1=O.CCn1nc(C)cc1CC(=O)OC.CCn1nc(C)cc1CCC#N.CCn1nc(C)cc1CCCN.CCn1nc(C)cc1CCCNC(=O)OCc1ccccc1.CCn1nc(C)cc1CCO. The maximum atomic E-state index is 11.9. The Morgan fingerprint density at radius 3 is 1.31 bits per heavy atom. The quantitative estimate of drug-likeness (QED) is 0.00356. The molecule has 1 amide bonds. The van der Waals surface area contributed by atoms with Gasteiger partial charge in [0, 0.05) is 148 Å². The third-order valence-electron chi connectivity index (χ3n) is 16.9. The third-order valence-corrected chi connectivity index (χ3v) is 16.9. The van der Waals surface area contributed by atoms with Gasteiger partial charge in [-0.1, -0.05) is 66.1 Å². The van der Waals surface area contributed by atoms with Crippen LogP contribution >= 0.6 is 0 Å². The zero-order valence-corrected chi connectivity index (χ0v) is 75.8. The lowest BCUT2D eigenvalue weighted by Gasteiger charge is -2.32. The molecule has 4 saturated heterocycles. The molecule has 0 bridgehead atoms. The van der Waals surface area contributed by atoms with Gasteiger partial charge in [0.15, 0.2) is 11.5 Å². The lowest BCUT2D eigenvalue weighted by atomic mass is 10.0. The van der Waals surface area contributed by atoms with E-state index in [4.69, 9.17) is 45.6 Å². The van der Waals surface area contributed by atoms with Crippen LogP contribution in [0.4, 0.5) is 4.79 Å². The number of esters is 8. The van der Waals surface area contributed by atoms with E-state index in [9.17, 15) is 53.1 Å². The van der Waals surface area contributed by atoms with Crippen LogP contribution in [-0.2, 0) is 164 Å². The van der Waals surface area contributed by atoms with Gasteiger partial charge in [-0.05, 0) is 164 Å². The van der Waals surface area contributed by atoms with E-state index in [1.807, 2.05) is 134 Å². The van der Waals surface area contributed by atoms with E-state index in [2.05, 4.69) is 106 Å². The van der Waals surface area contributed by atoms with Crippen molar-refractivity contribution in [1.82, 2.24) is 69.4 Å². The van der Waals surface area contributed by atoms with Crippen LogP contribution in [-0.4, -0.2) is 179 Å². The highest BCUT2D eigenvalue weighted by molar-refractivity contribution is 6.16. The predicted molar refractivity (Wildman–Crippen MR) is 476 cm³/mol. The Balaban J connectivity index is 0. The van der Waals surface area contributed by atoms with Gasteiger partial charge in [0.25, 0.3) is 17.4 Å². The fraction of sp³-hybridized carbons (Fsp3) is 0.562. The Morgan fingerprint density at radius 1 is 0.567 bits per heavy atom. The van der Waals surface area contributed by atoms with Crippen molar-refractivity contribution in [1.29, 1.82) is 5.26 Å². The summed E-state index contributed by atoms with van der Waals surface area (Å²) in [5.74, 6) is -4.92. The Bertz CT molecular complexity index is 4580. The van der Waals surface area contributed by atoms with Gasteiger partial charge in [0.05, 0.1) is 65.9 Å². The summed E-state index contributed by atoms with van der Waals surface area (Å²) in [5.41, 5.74) is 20.3. The molecule has 4 aliphatic rings. The first kappa shape index (κ1) is 117. The van der Waals surface area contributed by atoms with E-state index in [1.165, 1.54) is 67.0 Å². The number of alkyl carbamates (subject to hydrolysis) is 1. The summed E-state index contributed by atoms with van der Waals surface area (Å²) in [7, 11) is 1.39. The van der Waals surface area contributed by atoms with Crippen LogP contribution in [0.15, 0.2) is 90.4 Å². The van der Waals surface area contributed by atoms with Crippen LogP contribution in [0.5, 0.6) is 0 Å². The molecule has 708 valence electrons. The number of hydrazine groups is 1. The van der Waals surface area contributed by atoms with Crippen LogP contribution in [0, 0.1) is 52.9 Å². The number of Topliss-reactive ketones (excluding diaryl/α,β-unsaturated/α-hetero) is 1. The maximum Gasteiger partial charge on any atom is 0.407 e. The lowest BCUT2D eigenvalue weighted by molar-refractivity contribution is -0.236. The molecule has 11 rings (SSSR count). The van der Waals surface area contributed by atoms with Gasteiger partial charge in [-0.2, -0.15) is 35.9 Å². The molecule has 127 heavy (non-hydrogen) atoms. The predicted octanol–water partition coefficient (Wildman–Crippen LogP) is 11.3. The Labute approximate surface area is 747 Å². The van der Waals surface area contributed by atoms with Crippen molar-refractivity contribution < 1.29 is 101 Å². The molecule has 8 N–H and O–H groups in total. The van der Waals surface area contributed by atoms with Gasteiger partial charge < -0.3 is 63.9 Å². The van der Waals surface area contributed by atoms with Crippen molar-refractivity contribution in [2.45, 2.75) is 301 Å². The highest BCUT2D eigenvalue weighted by Gasteiger charge is 2.46. The molecular formula is C89H141N17O21. The fourth-order valence-corrected chi connectivity index (χ4v) is 11.6. The topological polar surface area (TPSA) is 501 Å². The van der Waals surface area contributed by atoms with Gasteiger partial charge in [-0.3, -0.25) is 72.9 Å². The van der Waals surface area contributed by atoms with Crippen LogP contribution < -0.4 is 22.3 Å². The lowest BCUT2D eigenvalue weighted by Crippen LogP contribution is -2.45. The average Bonchev–Trinajstić information content (AvgIpc) is 1.75. The van der Waals surface area contributed by atoms with Crippen molar-refractivity contribution in [3.8, 4) is 6.07 Å². The summed E-state index contributed by atoms with van der Waals surface area (Å²) >= 11 is 0. The number of rotatable bonds is 25. The summed E-state index contributed by atoms with van der Waals surface area (Å²) in [6, 6.07) is 23.7. The minimum Gasteiger partial charge on any atom is -0.511 e. The van der Waals surface area contributed by atoms with Gasteiger partial charge in [-0.15, -0.1) is 0 Å². The number of nitrogens with zero attached hydrogens (tertiary/aromatic N) is 13. The molecule has 6 aromatic heterocycles. The van der Waals surface area contributed by atoms with Crippen molar-refractivity contribution >= 4 is 59.6 Å². The molecule has 0 aliphatic carbocycles. The molecule has 0 spiro atoms. The summed E-state index contributed by atoms with van der Waals surface area (Å²) in [5, 5.41) is 55.1. The molecule has 0 saturated carbocycles. The van der Waals surface area contributed by atoms with Crippen molar-refractivity contribution in [3.05, 3.63) is 164 Å². The molecule has 38 nitrogen and oxygen atoms in total. The van der Waals surface area contributed by atoms with Crippen molar-refractivity contribution in [3.63, 3.8) is 0 Å². The number of aliphatic hydroxyl groups is 2. The highest BCUT2D eigenvalue weighted by atomic mass is 16.8. The number of carbonyl (C=O) groups excluding carboxylic acids is 10. The Kier molecular flexibility index (Phi) is 54.9. The number of benzene rings is 1. The number of aryl methyl sites for hydroxylation is 15. The minimum absolute atomic E-state index is 0. The van der Waals surface area contributed by atoms with Crippen molar-refractivity contribution in [2.24, 2.45) is 11.6 Å². The molecule has 10 heterocycles. The third kappa shape index (κ3) is 44.0. The molecule has 0 atom stereocenters. The molecule has 38 heteroatoms. The summed E-state index contributed by atoms with van der Waals surface area (Å²) in [6.45, 7) is 46.9. The van der Waals surface area contributed by atoms with E-state index in [1.54, 1.807) is 17.7 Å². The van der Waals surface area contributed by atoms with Gasteiger partial charge >= 0.3 is 53.8 Å². The number of nitriles is 1. The first-order valence-corrected chi connectivity index (χ1v) is 40.9. The number of hydrogen-bond donors (Lipinski definition) is 6. The van der Waals surface area contributed by atoms with Crippen LogP contribution in [0.2, 0.25) is 0 Å². The number of hydrogen-bond acceptors (Lipinski definition) is 31. The molecular weight excluding hydrogens is 1640 g/mol. The number of carbonyl (C=O) groups is 10. The molecule has 0 unspecified atom stereocenters. The number of aliphatic hydroxyl groups excluding tert-OH is 2. The largest absolute Gasteiger partial charge is 0.511 e. The number of ether oxygens (including phenoxy) is 9. The zero-order chi connectivity index (χ0) is 93.6. The number of allylic oxidation sites excluding steroid dienone is 1. The summed E-state index contributed by atoms with van der Waals surface area (Å²) < 4.78 is 54.4. The second-order valence-electron chi connectivity index (χ2n) is 29.2. The number of ketones is 1. The first-order chi connectivity index (χ1) is 58.4. The highest BCUT2D eigenvalue weighted by Crippen LogP contribution is 2.31. The number of methoxy groups -OCH3 is 1. The molecule has 1 aromatic carbocycles. The van der Waals surface area contributed by atoms with E-state index in [-0.39, 0.29) is 59.1 Å². The van der Waals surface area contributed by atoms with E-state index >= 15 is 0 Å². The minimum atomic E-state index is -1.35.